The molecular formula is C21H20N2O6S. The van der Waals surface area contributed by atoms with Gasteiger partial charge in [0.2, 0.25) is 0 Å². The molecule has 0 saturated carbocycles. The Balaban J connectivity index is 1.94. The summed E-state index contributed by atoms with van der Waals surface area (Å²) >= 11 is 0.870. The van der Waals surface area contributed by atoms with Gasteiger partial charge in [0.05, 0.1) is 31.0 Å². The third kappa shape index (κ3) is 3.97. The summed E-state index contributed by atoms with van der Waals surface area (Å²) in [7, 11) is 2.40. The molecule has 1 aromatic carbocycles. The topological polar surface area (TPSA) is 118 Å². The molecule has 0 aliphatic rings. The number of pyridine rings is 1. The quantitative estimate of drug-likeness (QED) is 0.485. The lowest BCUT2D eigenvalue weighted by Crippen LogP contribution is -2.13. The molecule has 0 atom stereocenters. The third-order valence-electron chi connectivity index (χ3n) is 4.52. The molecule has 0 amide bonds. The van der Waals surface area contributed by atoms with Crippen molar-refractivity contribution in [3.8, 4) is 0 Å². The van der Waals surface area contributed by atoms with Crippen molar-refractivity contribution in [3.63, 3.8) is 0 Å². The van der Waals surface area contributed by atoms with Crippen LogP contribution < -0.4 is 5.73 Å². The Hall–Kier alpha value is -3.46. The molecule has 2 aromatic heterocycles. The number of fused-ring (bicyclic) bond motifs is 1. The Labute approximate surface area is 176 Å². The fraction of sp³-hybridized carbons (Fsp3) is 0.238. The zero-order valence-electron chi connectivity index (χ0n) is 16.9. The number of thiophene rings is 1. The van der Waals surface area contributed by atoms with E-state index in [0.29, 0.717) is 5.69 Å². The number of esters is 3. The van der Waals surface area contributed by atoms with E-state index in [0.717, 1.165) is 27.8 Å². The molecule has 0 fully saturated rings. The van der Waals surface area contributed by atoms with E-state index in [9.17, 15) is 14.4 Å². The largest absolute Gasteiger partial charge is 0.465 e. The lowest BCUT2D eigenvalue weighted by molar-refractivity contribution is 0.0451. The number of aryl methyl sites for hydroxylation is 2. The first kappa shape index (κ1) is 21.3. The number of methoxy groups -OCH3 is 2. The van der Waals surface area contributed by atoms with E-state index < -0.39 is 17.9 Å². The lowest BCUT2D eigenvalue weighted by atomic mass is 10.1. The molecule has 2 N–H and O–H groups in total. The molecule has 0 unspecified atom stereocenters. The number of rotatable bonds is 5. The van der Waals surface area contributed by atoms with Crippen molar-refractivity contribution in [2.45, 2.75) is 20.5 Å². The molecule has 2 heterocycles. The summed E-state index contributed by atoms with van der Waals surface area (Å²) in [6, 6.07) is 7.45. The third-order valence-corrected chi connectivity index (χ3v) is 5.56. The van der Waals surface area contributed by atoms with E-state index in [1.165, 1.54) is 14.2 Å². The summed E-state index contributed by atoms with van der Waals surface area (Å²) in [5.41, 5.74) is 8.61. The first-order valence-electron chi connectivity index (χ1n) is 8.89. The van der Waals surface area contributed by atoms with Gasteiger partial charge >= 0.3 is 17.9 Å². The van der Waals surface area contributed by atoms with Crippen LogP contribution in [0.5, 0.6) is 0 Å². The average Bonchev–Trinajstić information content (AvgIpc) is 3.06. The molecule has 9 heteroatoms. The molecule has 0 aliphatic heterocycles. The predicted molar refractivity (Wildman–Crippen MR) is 112 cm³/mol. The Morgan fingerprint density at radius 1 is 1.03 bits per heavy atom. The summed E-state index contributed by atoms with van der Waals surface area (Å²) in [6.07, 6.45) is 0. The molecule has 8 nitrogen and oxygen atoms in total. The Kier molecular flexibility index (Phi) is 6.02. The first-order valence-corrected chi connectivity index (χ1v) is 9.71. The minimum Gasteiger partial charge on any atom is -0.465 e. The van der Waals surface area contributed by atoms with Crippen molar-refractivity contribution < 1.29 is 28.6 Å². The van der Waals surface area contributed by atoms with Gasteiger partial charge in [-0.2, -0.15) is 0 Å². The van der Waals surface area contributed by atoms with Crippen LogP contribution in [0.15, 0.2) is 24.3 Å². The van der Waals surface area contributed by atoms with Gasteiger partial charge in [-0.15, -0.1) is 11.3 Å². The zero-order valence-corrected chi connectivity index (χ0v) is 17.7. The van der Waals surface area contributed by atoms with Gasteiger partial charge in [-0.05, 0) is 32.0 Å². The van der Waals surface area contributed by atoms with E-state index >= 15 is 0 Å². The second kappa shape index (κ2) is 8.50. The van der Waals surface area contributed by atoms with Gasteiger partial charge in [-0.1, -0.05) is 11.6 Å². The van der Waals surface area contributed by atoms with Crippen molar-refractivity contribution in [2.75, 3.05) is 20.0 Å². The molecule has 156 valence electrons. The first-order chi connectivity index (χ1) is 14.3. The molecule has 0 bridgehead atoms. The summed E-state index contributed by atoms with van der Waals surface area (Å²) < 4.78 is 14.9. The second-order valence-electron chi connectivity index (χ2n) is 6.53. The van der Waals surface area contributed by atoms with Crippen molar-refractivity contribution in [1.82, 2.24) is 4.98 Å². The van der Waals surface area contributed by atoms with Gasteiger partial charge in [-0.3, -0.25) is 4.98 Å². The van der Waals surface area contributed by atoms with Crippen LogP contribution in [0, 0.1) is 13.8 Å². The van der Waals surface area contributed by atoms with Crippen molar-refractivity contribution in [3.05, 3.63) is 57.1 Å². The Morgan fingerprint density at radius 2 is 1.73 bits per heavy atom. The Bertz CT molecular complexity index is 1170. The second-order valence-corrected chi connectivity index (χ2v) is 7.58. The van der Waals surface area contributed by atoms with E-state index in [1.54, 1.807) is 13.0 Å². The fourth-order valence-corrected chi connectivity index (χ4v) is 4.00. The fourth-order valence-electron chi connectivity index (χ4n) is 3.02. The normalized spacial score (nSPS) is 10.7. The molecule has 0 spiro atoms. The number of carbonyl (C=O) groups is 3. The van der Waals surface area contributed by atoms with Crippen LogP contribution in [0.25, 0.3) is 10.9 Å². The number of nitrogens with zero attached hydrogens (tertiary/aromatic N) is 1. The summed E-state index contributed by atoms with van der Waals surface area (Å²) in [5, 5.41) is 0.880. The van der Waals surface area contributed by atoms with Crippen molar-refractivity contribution in [1.29, 1.82) is 0 Å². The van der Waals surface area contributed by atoms with Crippen molar-refractivity contribution >= 4 is 45.1 Å². The number of nitrogens with two attached hydrogens (primary N) is 1. The zero-order chi connectivity index (χ0) is 22.0. The standard InChI is InChI=1S/C21H20N2O6S/c1-10-5-6-15-12(7-10)8-13(11(2)23-15)19(24)29-9-14-16(20(25)27-3)18(22)30-17(14)21(26)28-4/h5-8H,9,22H2,1-4H3. The number of hydrogen-bond donors (Lipinski definition) is 1. The van der Waals surface area contributed by atoms with E-state index in [1.807, 2.05) is 25.1 Å². The number of ether oxygens (including phenoxy) is 3. The van der Waals surface area contributed by atoms with Crippen LogP contribution in [-0.2, 0) is 20.8 Å². The summed E-state index contributed by atoms with van der Waals surface area (Å²) in [6.45, 7) is 3.30. The molecule has 0 saturated heterocycles. The van der Waals surface area contributed by atoms with Gasteiger partial charge in [-0.25, -0.2) is 14.4 Å². The van der Waals surface area contributed by atoms with Crippen LogP contribution in [0.2, 0.25) is 0 Å². The highest BCUT2D eigenvalue weighted by Gasteiger charge is 2.28. The van der Waals surface area contributed by atoms with E-state index in [2.05, 4.69) is 4.98 Å². The Morgan fingerprint density at radius 3 is 2.40 bits per heavy atom. The van der Waals surface area contributed by atoms with E-state index in [-0.39, 0.29) is 33.2 Å². The predicted octanol–water partition coefficient (Wildman–Crippen LogP) is 3.43. The maximum atomic E-state index is 12.8. The number of hydrogen-bond acceptors (Lipinski definition) is 9. The monoisotopic (exact) mass is 428 g/mol. The molecule has 30 heavy (non-hydrogen) atoms. The summed E-state index contributed by atoms with van der Waals surface area (Å²) in [4.78, 5) is 41.5. The smallest absolute Gasteiger partial charge is 0.348 e. The SMILES string of the molecule is COC(=O)c1sc(N)c(C(=O)OC)c1COC(=O)c1cc2cc(C)ccc2nc1C. The highest BCUT2D eigenvalue weighted by atomic mass is 32.1. The van der Waals surface area contributed by atoms with E-state index in [4.69, 9.17) is 19.9 Å². The molecule has 3 rings (SSSR count). The molecule has 0 aliphatic carbocycles. The highest BCUT2D eigenvalue weighted by Crippen LogP contribution is 2.33. The molecule has 0 radical (unpaired) electrons. The summed E-state index contributed by atoms with van der Waals surface area (Å²) in [5.74, 6) is -2.06. The maximum absolute atomic E-state index is 12.8. The lowest BCUT2D eigenvalue weighted by Gasteiger charge is -2.10. The van der Waals surface area contributed by atoms with Crippen LogP contribution in [0.1, 0.15) is 47.2 Å². The number of nitrogen functional groups attached to an aromatic ring is 1. The van der Waals surface area contributed by atoms with Crippen molar-refractivity contribution in [2.24, 2.45) is 0 Å². The highest BCUT2D eigenvalue weighted by molar-refractivity contribution is 7.18. The van der Waals surface area contributed by atoms with Gasteiger partial charge in [0, 0.05) is 10.9 Å². The molecule has 3 aromatic rings. The number of aromatic nitrogens is 1. The van der Waals surface area contributed by atoms with Crippen LogP contribution in [0.4, 0.5) is 5.00 Å². The van der Waals surface area contributed by atoms with Gasteiger partial charge in [0.25, 0.3) is 0 Å². The number of carbonyl (C=O) groups excluding carboxylic acids is 3. The van der Waals surface area contributed by atoms with Crippen LogP contribution in [-0.4, -0.2) is 37.1 Å². The average molecular weight is 428 g/mol. The van der Waals surface area contributed by atoms with Crippen LogP contribution >= 0.6 is 11.3 Å². The minimum absolute atomic E-state index is 0.0142. The number of anilines is 1. The van der Waals surface area contributed by atoms with Gasteiger partial charge in [0.15, 0.2) is 0 Å². The minimum atomic E-state index is -0.732. The number of benzene rings is 1. The van der Waals surface area contributed by atoms with Gasteiger partial charge < -0.3 is 19.9 Å². The van der Waals surface area contributed by atoms with Gasteiger partial charge in [0.1, 0.15) is 22.0 Å². The maximum Gasteiger partial charge on any atom is 0.348 e. The molecular weight excluding hydrogens is 408 g/mol. The van der Waals surface area contributed by atoms with Crippen LogP contribution in [0.3, 0.4) is 0 Å².